The van der Waals surface area contributed by atoms with Gasteiger partial charge >= 0.3 is 0 Å². The molecule has 0 unspecified atom stereocenters. The van der Waals surface area contributed by atoms with Gasteiger partial charge in [0.2, 0.25) is 0 Å². The maximum Gasteiger partial charge on any atom is 0.137 e. The molecule has 2 aromatic heterocycles. The summed E-state index contributed by atoms with van der Waals surface area (Å²) in [6, 6.07) is 44.4. The fraction of sp³-hybridized carbons (Fsp3) is 0.200. The monoisotopic (exact) mass is 667 g/mol. The van der Waals surface area contributed by atoms with E-state index < -0.39 is 0 Å². The second-order valence-electron chi connectivity index (χ2n) is 15.4. The van der Waals surface area contributed by atoms with Gasteiger partial charge in [0, 0.05) is 40.5 Å². The van der Waals surface area contributed by atoms with E-state index in [9.17, 15) is 5.26 Å². The predicted octanol–water partition coefficient (Wildman–Crippen LogP) is 11.7. The van der Waals surface area contributed by atoms with E-state index in [1.54, 1.807) is 0 Å². The van der Waals surface area contributed by atoms with Crippen molar-refractivity contribution >= 4 is 44.6 Å². The number of nitriles is 1. The lowest BCUT2D eigenvalue weighted by Crippen LogP contribution is -2.24. The highest BCUT2D eigenvalue weighted by Crippen LogP contribution is 2.46. The molecule has 6 heteroatoms. The molecule has 0 saturated heterocycles. The molecule has 8 rings (SSSR count). The van der Waals surface area contributed by atoms with E-state index in [1.807, 2.05) is 36.5 Å². The van der Waals surface area contributed by atoms with Gasteiger partial charge in [0.1, 0.15) is 24.0 Å². The summed E-state index contributed by atoms with van der Waals surface area (Å²) >= 11 is 0. The van der Waals surface area contributed by atoms with Crippen LogP contribution >= 0.6 is 0 Å². The van der Waals surface area contributed by atoms with Gasteiger partial charge in [-0.1, -0.05) is 77.9 Å². The summed E-state index contributed by atoms with van der Waals surface area (Å²) in [6.07, 6.45) is 1.91. The molecule has 252 valence electrons. The number of fused-ring (bicyclic) bond motifs is 4. The van der Waals surface area contributed by atoms with E-state index in [0.717, 1.165) is 62.0 Å². The molecule has 7 aromatic rings. The SMILES string of the molecule is CC(C)(C)c1cc(C#N)cc(N2CN(c3cccc(Oc4ccc5c6ccccc6n(-c6cc(C(C)(C)C)ccn6)c5c4)c3)c3ccccc32)c1. The van der Waals surface area contributed by atoms with Gasteiger partial charge in [-0.25, -0.2) is 4.98 Å². The van der Waals surface area contributed by atoms with E-state index >= 15 is 0 Å². The number of nitrogens with zero attached hydrogens (tertiary/aromatic N) is 5. The van der Waals surface area contributed by atoms with E-state index in [0.29, 0.717) is 12.2 Å². The first kappa shape index (κ1) is 32.2. The Morgan fingerprint density at radius 1 is 0.608 bits per heavy atom. The van der Waals surface area contributed by atoms with Crippen LogP contribution in [0, 0.1) is 11.3 Å². The van der Waals surface area contributed by atoms with Crippen molar-refractivity contribution < 1.29 is 4.74 Å². The minimum absolute atomic E-state index is 0.00133. The maximum absolute atomic E-state index is 9.88. The van der Waals surface area contributed by atoms with Crippen LogP contribution in [0.5, 0.6) is 11.5 Å². The van der Waals surface area contributed by atoms with Gasteiger partial charge < -0.3 is 14.5 Å². The van der Waals surface area contributed by atoms with Crippen molar-refractivity contribution in [2.75, 3.05) is 16.5 Å². The Morgan fingerprint density at radius 2 is 1.29 bits per heavy atom. The number of para-hydroxylation sites is 3. The van der Waals surface area contributed by atoms with Gasteiger partial charge in [0.25, 0.3) is 0 Å². The molecule has 0 N–H and O–H groups in total. The molecule has 0 aliphatic carbocycles. The van der Waals surface area contributed by atoms with Crippen LogP contribution in [0.4, 0.5) is 22.7 Å². The van der Waals surface area contributed by atoms with Crippen LogP contribution in [0.3, 0.4) is 0 Å². The number of ether oxygens (including phenoxy) is 1. The van der Waals surface area contributed by atoms with Gasteiger partial charge in [-0.3, -0.25) is 4.57 Å². The van der Waals surface area contributed by atoms with Gasteiger partial charge in [0.15, 0.2) is 0 Å². The summed E-state index contributed by atoms with van der Waals surface area (Å²) < 4.78 is 8.87. The lowest BCUT2D eigenvalue weighted by molar-refractivity contribution is 0.483. The van der Waals surface area contributed by atoms with Crippen molar-refractivity contribution in [2.24, 2.45) is 0 Å². The highest BCUT2D eigenvalue weighted by Gasteiger charge is 2.29. The number of hydrogen-bond donors (Lipinski definition) is 0. The summed E-state index contributed by atoms with van der Waals surface area (Å²) in [7, 11) is 0. The van der Waals surface area contributed by atoms with Gasteiger partial charge in [-0.05, 0) is 94.8 Å². The third-order valence-electron chi connectivity index (χ3n) is 9.82. The Hall–Kier alpha value is -6.06. The van der Waals surface area contributed by atoms with E-state index in [2.05, 4.69) is 153 Å². The third kappa shape index (κ3) is 5.85. The predicted molar refractivity (Wildman–Crippen MR) is 209 cm³/mol. The average molecular weight is 668 g/mol. The lowest BCUT2D eigenvalue weighted by atomic mass is 9.86. The van der Waals surface area contributed by atoms with Gasteiger partial charge in [-0.15, -0.1) is 0 Å². The molecular formula is C45H41N5O. The molecular weight excluding hydrogens is 627 g/mol. The van der Waals surface area contributed by atoms with Crippen LogP contribution < -0.4 is 14.5 Å². The van der Waals surface area contributed by atoms with Crippen LogP contribution in [0.25, 0.3) is 27.6 Å². The number of pyridine rings is 1. The number of hydrogen-bond acceptors (Lipinski definition) is 5. The van der Waals surface area contributed by atoms with Crippen molar-refractivity contribution in [3.8, 4) is 23.4 Å². The molecule has 0 bridgehead atoms. The minimum atomic E-state index is -0.0867. The molecule has 1 aliphatic rings. The van der Waals surface area contributed by atoms with Crippen molar-refractivity contribution in [3.05, 3.63) is 144 Å². The van der Waals surface area contributed by atoms with Gasteiger partial charge in [0.05, 0.1) is 34.0 Å². The molecule has 0 amide bonds. The quantitative estimate of drug-likeness (QED) is 0.183. The zero-order chi connectivity index (χ0) is 35.5. The van der Waals surface area contributed by atoms with E-state index in [-0.39, 0.29) is 10.8 Å². The molecule has 0 radical (unpaired) electrons. The zero-order valence-electron chi connectivity index (χ0n) is 30.0. The summed E-state index contributed by atoms with van der Waals surface area (Å²) in [5.74, 6) is 2.39. The number of aromatic nitrogens is 2. The van der Waals surface area contributed by atoms with Gasteiger partial charge in [-0.2, -0.15) is 5.26 Å². The Kier molecular flexibility index (Phi) is 7.61. The fourth-order valence-corrected chi connectivity index (χ4v) is 7.04. The fourth-order valence-electron chi connectivity index (χ4n) is 7.04. The number of benzene rings is 5. The lowest BCUT2D eigenvalue weighted by Gasteiger charge is -2.25. The Balaban J connectivity index is 1.15. The summed E-state index contributed by atoms with van der Waals surface area (Å²) in [5.41, 5.74) is 9.33. The van der Waals surface area contributed by atoms with Crippen molar-refractivity contribution in [3.63, 3.8) is 0 Å². The van der Waals surface area contributed by atoms with Crippen molar-refractivity contribution in [2.45, 2.75) is 52.4 Å². The first-order chi connectivity index (χ1) is 24.5. The number of rotatable bonds is 5. The average Bonchev–Trinajstić information content (AvgIpc) is 3.67. The molecule has 3 heterocycles. The maximum atomic E-state index is 9.88. The summed E-state index contributed by atoms with van der Waals surface area (Å²) in [5, 5.41) is 12.2. The first-order valence-electron chi connectivity index (χ1n) is 17.5. The van der Waals surface area contributed by atoms with Crippen LogP contribution in [-0.2, 0) is 10.8 Å². The summed E-state index contributed by atoms with van der Waals surface area (Å²) in [6.45, 7) is 13.8. The summed E-state index contributed by atoms with van der Waals surface area (Å²) in [4.78, 5) is 9.42. The topological polar surface area (TPSA) is 57.3 Å². The highest BCUT2D eigenvalue weighted by atomic mass is 16.5. The molecule has 1 aliphatic heterocycles. The normalized spacial score (nSPS) is 13.1. The Labute approximate surface area is 299 Å². The van der Waals surface area contributed by atoms with Crippen LogP contribution in [-0.4, -0.2) is 16.2 Å². The largest absolute Gasteiger partial charge is 0.457 e. The molecule has 0 spiro atoms. The molecule has 0 saturated carbocycles. The highest BCUT2D eigenvalue weighted by molar-refractivity contribution is 6.09. The smallest absolute Gasteiger partial charge is 0.137 e. The number of anilines is 4. The Morgan fingerprint density at radius 3 is 2.04 bits per heavy atom. The zero-order valence-corrected chi connectivity index (χ0v) is 30.0. The second-order valence-corrected chi connectivity index (χ2v) is 15.4. The molecule has 0 fully saturated rings. The van der Waals surface area contributed by atoms with Crippen LogP contribution in [0.1, 0.15) is 58.2 Å². The second kappa shape index (κ2) is 12.1. The Bertz CT molecular complexity index is 2490. The van der Waals surface area contributed by atoms with Crippen LogP contribution in [0.2, 0.25) is 0 Å². The molecule has 0 atom stereocenters. The molecule has 6 nitrogen and oxygen atoms in total. The van der Waals surface area contributed by atoms with E-state index in [4.69, 9.17) is 9.72 Å². The minimum Gasteiger partial charge on any atom is -0.457 e. The molecule has 5 aromatic carbocycles. The van der Waals surface area contributed by atoms with E-state index in [1.165, 1.54) is 10.9 Å². The van der Waals surface area contributed by atoms with Crippen LogP contribution in [0.15, 0.2) is 128 Å². The van der Waals surface area contributed by atoms with Crippen molar-refractivity contribution in [1.29, 1.82) is 5.26 Å². The third-order valence-corrected chi connectivity index (χ3v) is 9.82. The molecule has 51 heavy (non-hydrogen) atoms. The standard InChI is InChI=1S/C45H41N5O/c1-44(2,3)31-20-21-47-43(25-31)50-39-15-8-7-14-37(39)38-19-18-36(27-42(38)50)51-35-13-11-12-33(26-35)48-29-49(41-17-10-9-16-40(41)48)34-23-30(28-46)22-32(24-34)45(4,5)6/h7-27H,29H2,1-6H3. The van der Waals surface area contributed by atoms with Crippen molar-refractivity contribution in [1.82, 2.24) is 9.55 Å². The first-order valence-corrected chi connectivity index (χ1v) is 17.5.